The molecule has 0 radical (unpaired) electrons. The fourth-order valence-corrected chi connectivity index (χ4v) is 3.29. The van der Waals surface area contributed by atoms with Gasteiger partial charge < -0.3 is 24.4 Å². The lowest BCUT2D eigenvalue weighted by Gasteiger charge is -2.18. The average Bonchev–Trinajstić information content (AvgIpc) is 3.35. The van der Waals surface area contributed by atoms with E-state index in [0.717, 1.165) is 25.2 Å². The first-order chi connectivity index (χ1) is 13.6. The lowest BCUT2D eigenvalue weighted by atomic mass is 10.1. The van der Waals surface area contributed by atoms with Gasteiger partial charge in [-0.05, 0) is 24.5 Å². The summed E-state index contributed by atoms with van der Waals surface area (Å²) in [5, 5.41) is 6.97. The van der Waals surface area contributed by atoms with Gasteiger partial charge in [0, 0.05) is 38.8 Å². The molecule has 1 aromatic heterocycles. The molecule has 1 N–H and O–H groups in total. The number of rotatable bonds is 6. The molecule has 1 amide bonds. The molecule has 1 fully saturated rings. The van der Waals surface area contributed by atoms with E-state index in [1.54, 1.807) is 37.5 Å². The number of hydrogen-bond donors (Lipinski definition) is 1. The van der Waals surface area contributed by atoms with Gasteiger partial charge in [0.25, 0.3) is 11.5 Å². The summed E-state index contributed by atoms with van der Waals surface area (Å²) in [6.07, 6.45) is 2.64. The van der Waals surface area contributed by atoms with E-state index in [1.165, 1.54) is 4.68 Å². The van der Waals surface area contributed by atoms with Crippen LogP contribution in [-0.2, 0) is 11.8 Å². The summed E-state index contributed by atoms with van der Waals surface area (Å²) in [6.45, 7) is 2.32. The standard InChI is InChI=1S/C19H22N4O5/c1-22-19(25)6-14(9-21-22)23-5-4-13(10-23)8-20-18(24)11-26-15-2-3-16-17(7-15)28-12-27-16/h2-3,6-7,9,13H,4-5,8,10-12H2,1H3,(H,20,24). The molecule has 2 aliphatic heterocycles. The largest absolute Gasteiger partial charge is 0.484 e. The molecule has 1 aromatic carbocycles. The van der Waals surface area contributed by atoms with Crippen LogP contribution in [0.3, 0.4) is 0 Å². The normalized spacial score (nSPS) is 17.6. The summed E-state index contributed by atoms with van der Waals surface area (Å²) in [5.41, 5.74) is 0.693. The van der Waals surface area contributed by atoms with Crippen molar-refractivity contribution in [1.29, 1.82) is 0 Å². The number of ether oxygens (including phenoxy) is 3. The zero-order valence-corrected chi connectivity index (χ0v) is 15.6. The highest BCUT2D eigenvalue weighted by Gasteiger charge is 2.24. The maximum Gasteiger partial charge on any atom is 0.268 e. The number of amides is 1. The van der Waals surface area contributed by atoms with E-state index in [0.29, 0.717) is 29.7 Å². The Hall–Kier alpha value is -3.23. The zero-order valence-electron chi connectivity index (χ0n) is 15.6. The number of nitrogens with one attached hydrogen (secondary N) is 1. The van der Waals surface area contributed by atoms with E-state index in [4.69, 9.17) is 14.2 Å². The van der Waals surface area contributed by atoms with Crippen LogP contribution in [0.4, 0.5) is 5.69 Å². The summed E-state index contributed by atoms with van der Waals surface area (Å²) in [6, 6.07) is 6.80. The molecule has 3 heterocycles. The molecule has 2 aliphatic rings. The third-order valence-electron chi connectivity index (χ3n) is 4.91. The van der Waals surface area contributed by atoms with E-state index < -0.39 is 0 Å². The molecule has 9 nitrogen and oxygen atoms in total. The summed E-state index contributed by atoms with van der Waals surface area (Å²) in [7, 11) is 1.63. The Morgan fingerprint density at radius 2 is 2.18 bits per heavy atom. The van der Waals surface area contributed by atoms with Crippen LogP contribution < -0.4 is 30.0 Å². The summed E-state index contributed by atoms with van der Waals surface area (Å²) in [5.74, 6) is 2.00. The highest BCUT2D eigenvalue weighted by molar-refractivity contribution is 5.77. The summed E-state index contributed by atoms with van der Waals surface area (Å²) < 4.78 is 17.4. The third kappa shape index (κ3) is 4.03. The molecule has 0 bridgehead atoms. The van der Waals surface area contributed by atoms with Crippen molar-refractivity contribution in [2.45, 2.75) is 6.42 Å². The van der Waals surface area contributed by atoms with Crippen LogP contribution in [-0.4, -0.2) is 48.7 Å². The van der Waals surface area contributed by atoms with Gasteiger partial charge in [0.1, 0.15) is 5.75 Å². The molecule has 148 valence electrons. The van der Waals surface area contributed by atoms with Crippen molar-refractivity contribution in [2.75, 3.05) is 37.9 Å². The molecule has 0 saturated carbocycles. The molecule has 1 saturated heterocycles. The number of carbonyl (C=O) groups is 1. The topological polar surface area (TPSA) is 94.9 Å². The maximum absolute atomic E-state index is 12.1. The van der Waals surface area contributed by atoms with Gasteiger partial charge in [-0.1, -0.05) is 0 Å². The van der Waals surface area contributed by atoms with Crippen LogP contribution in [0.5, 0.6) is 17.2 Å². The van der Waals surface area contributed by atoms with Crippen molar-refractivity contribution in [1.82, 2.24) is 15.1 Å². The Labute approximate surface area is 161 Å². The number of anilines is 1. The quantitative estimate of drug-likeness (QED) is 0.774. The number of aromatic nitrogens is 2. The Bertz CT molecular complexity index is 929. The van der Waals surface area contributed by atoms with Gasteiger partial charge in [0.15, 0.2) is 18.1 Å². The predicted molar refractivity (Wildman–Crippen MR) is 101 cm³/mol. The maximum atomic E-state index is 12.1. The first-order valence-electron chi connectivity index (χ1n) is 9.16. The number of carbonyl (C=O) groups excluding carboxylic acids is 1. The summed E-state index contributed by atoms with van der Waals surface area (Å²) >= 11 is 0. The van der Waals surface area contributed by atoms with Crippen molar-refractivity contribution < 1.29 is 19.0 Å². The third-order valence-corrected chi connectivity index (χ3v) is 4.91. The lowest BCUT2D eigenvalue weighted by molar-refractivity contribution is -0.123. The Morgan fingerprint density at radius 1 is 1.32 bits per heavy atom. The predicted octanol–water partition coefficient (Wildman–Crippen LogP) is 0.530. The van der Waals surface area contributed by atoms with E-state index >= 15 is 0 Å². The molecule has 1 atom stereocenters. The van der Waals surface area contributed by atoms with Crippen LogP contribution in [0.1, 0.15) is 6.42 Å². The monoisotopic (exact) mass is 386 g/mol. The van der Waals surface area contributed by atoms with Crippen molar-refractivity contribution in [2.24, 2.45) is 13.0 Å². The van der Waals surface area contributed by atoms with Crippen molar-refractivity contribution in [3.8, 4) is 17.2 Å². The van der Waals surface area contributed by atoms with E-state index in [2.05, 4.69) is 15.3 Å². The van der Waals surface area contributed by atoms with Gasteiger partial charge in [-0.3, -0.25) is 9.59 Å². The van der Waals surface area contributed by atoms with Gasteiger partial charge in [0.2, 0.25) is 6.79 Å². The second-order valence-corrected chi connectivity index (χ2v) is 6.88. The SMILES string of the molecule is Cn1ncc(N2CCC(CNC(=O)COc3ccc4c(c3)OCO4)C2)cc1=O. The molecule has 9 heteroatoms. The minimum absolute atomic E-state index is 0.0608. The Kier molecular flexibility index (Phi) is 5.05. The smallest absolute Gasteiger partial charge is 0.268 e. The van der Waals surface area contributed by atoms with E-state index in [1.807, 2.05) is 0 Å². The molecular weight excluding hydrogens is 364 g/mol. The van der Waals surface area contributed by atoms with Crippen molar-refractivity contribution in [3.05, 3.63) is 40.8 Å². The van der Waals surface area contributed by atoms with Gasteiger partial charge >= 0.3 is 0 Å². The highest BCUT2D eigenvalue weighted by atomic mass is 16.7. The van der Waals surface area contributed by atoms with Gasteiger partial charge in [0.05, 0.1) is 11.9 Å². The molecule has 4 rings (SSSR count). The lowest BCUT2D eigenvalue weighted by Crippen LogP contribution is -2.34. The first kappa shape index (κ1) is 18.1. The zero-order chi connectivity index (χ0) is 19.5. The Morgan fingerprint density at radius 3 is 3.04 bits per heavy atom. The second-order valence-electron chi connectivity index (χ2n) is 6.88. The van der Waals surface area contributed by atoms with Crippen LogP contribution in [0.2, 0.25) is 0 Å². The van der Waals surface area contributed by atoms with Crippen LogP contribution in [0.15, 0.2) is 35.3 Å². The fraction of sp³-hybridized carbons (Fsp3) is 0.421. The van der Waals surface area contributed by atoms with E-state index in [9.17, 15) is 9.59 Å². The van der Waals surface area contributed by atoms with Crippen molar-refractivity contribution >= 4 is 11.6 Å². The number of nitrogens with zero attached hydrogens (tertiary/aromatic N) is 3. The molecule has 28 heavy (non-hydrogen) atoms. The molecular formula is C19H22N4O5. The van der Waals surface area contributed by atoms with Gasteiger partial charge in [-0.2, -0.15) is 5.10 Å². The number of aryl methyl sites for hydroxylation is 1. The second kappa shape index (κ2) is 7.79. The number of fused-ring (bicyclic) bond motifs is 1. The van der Waals surface area contributed by atoms with E-state index in [-0.39, 0.29) is 24.9 Å². The number of hydrogen-bond acceptors (Lipinski definition) is 7. The Balaban J connectivity index is 1.22. The molecule has 2 aromatic rings. The minimum Gasteiger partial charge on any atom is -0.484 e. The fourth-order valence-electron chi connectivity index (χ4n) is 3.29. The molecule has 0 aliphatic carbocycles. The number of benzene rings is 1. The van der Waals surface area contributed by atoms with Crippen LogP contribution in [0.25, 0.3) is 0 Å². The first-order valence-corrected chi connectivity index (χ1v) is 9.16. The average molecular weight is 386 g/mol. The summed E-state index contributed by atoms with van der Waals surface area (Å²) in [4.78, 5) is 25.9. The highest BCUT2D eigenvalue weighted by Crippen LogP contribution is 2.35. The van der Waals surface area contributed by atoms with Crippen LogP contribution in [0, 0.1) is 5.92 Å². The minimum atomic E-state index is -0.175. The van der Waals surface area contributed by atoms with Crippen LogP contribution >= 0.6 is 0 Å². The van der Waals surface area contributed by atoms with Gasteiger partial charge in [-0.25, -0.2) is 4.68 Å². The van der Waals surface area contributed by atoms with Crippen molar-refractivity contribution in [3.63, 3.8) is 0 Å². The molecule has 0 spiro atoms. The molecule has 1 unspecified atom stereocenters. The van der Waals surface area contributed by atoms with Gasteiger partial charge in [-0.15, -0.1) is 0 Å².